The molecule has 32 heavy (non-hydrogen) atoms. The topological polar surface area (TPSA) is 134 Å². The number of hydrogen-bond acceptors (Lipinski definition) is 9. The minimum Gasteiger partial charge on any atom is -0.479 e. The van der Waals surface area contributed by atoms with Crippen LogP contribution in [0, 0.1) is 0 Å². The zero-order chi connectivity index (χ0) is 23.3. The summed E-state index contributed by atoms with van der Waals surface area (Å²) in [4.78, 5) is 22.0. The molecule has 0 saturated carbocycles. The van der Waals surface area contributed by atoms with Crippen LogP contribution in [0.1, 0.15) is 10.4 Å². The Balaban J connectivity index is 0.000000222. The van der Waals surface area contributed by atoms with Crippen LogP contribution in [0.25, 0.3) is 16.7 Å². The van der Waals surface area contributed by atoms with Crippen molar-refractivity contribution in [2.24, 2.45) is 0 Å². The lowest BCUT2D eigenvalue weighted by Gasteiger charge is -2.03. The highest BCUT2D eigenvalue weighted by atomic mass is 35.5. The number of para-hydroxylation sites is 1. The highest BCUT2D eigenvalue weighted by molar-refractivity contribution is 7.90. The SMILES string of the molecule is COc1nn(-c2ccnc(S(C)(=O)=O)n2)c2ccccc12.O=C(OO)c1cccc(Cl)c1. The molecule has 0 aliphatic carbocycles. The molecule has 4 rings (SSSR count). The van der Waals surface area contributed by atoms with Gasteiger partial charge in [0, 0.05) is 23.5 Å². The summed E-state index contributed by atoms with van der Waals surface area (Å²) in [5.74, 6) is 0.00235. The highest BCUT2D eigenvalue weighted by Gasteiger charge is 2.16. The van der Waals surface area contributed by atoms with Gasteiger partial charge in [-0.25, -0.2) is 22.9 Å². The third-order valence-electron chi connectivity index (χ3n) is 4.06. The third kappa shape index (κ3) is 5.19. The number of sulfone groups is 1. The van der Waals surface area contributed by atoms with E-state index in [0.29, 0.717) is 16.7 Å². The molecule has 2 heterocycles. The van der Waals surface area contributed by atoms with Crippen LogP contribution in [0.2, 0.25) is 5.02 Å². The minimum atomic E-state index is -3.48. The van der Waals surface area contributed by atoms with Crippen LogP contribution in [0.15, 0.2) is 66.0 Å². The van der Waals surface area contributed by atoms with Gasteiger partial charge in [0.15, 0.2) is 5.82 Å². The molecule has 0 spiro atoms. The van der Waals surface area contributed by atoms with Crippen LogP contribution < -0.4 is 4.74 Å². The molecule has 1 N–H and O–H groups in total. The van der Waals surface area contributed by atoms with Crippen molar-refractivity contribution >= 4 is 38.3 Å². The summed E-state index contributed by atoms with van der Waals surface area (Å²) in [5, 5.41) is 13.3. The summed E-state index contributed by atoms with van der Waals surface area (Å²) in [5.41, 5.74) is 0.993. The smallest absolute Gasteiger partial charge is 0.372 e. The number of nitrogens with zero attached hydrogens (tertiary/aromatic N) is 4. The van der Waals surface area contributed by atoms with Crippen molar-refractivity contribution in [2.45, 2.75) is 5.16 Å². The summed E-state index contributed by atoms with van der Waals surface area (Å²) < 4.78 is 29.9. The summed E-state index contributed by atoms with van der Waals surface area (Å²) in [6.07, 6.45) is 2.45. The first-order valence-electron chi connectivity index (χ1n) is 8.91. The van der Waals surface area contributed by atoms with Crippen LogP contribution in [0.3, 0.4) is 0 Å². The van der Waals surface area contributed by atoms with E-state index in [1.54, 1.807) is 18.2 Å². The zero-order valence-corrected chi connectivity index (χ0v) is 18.4. The number of aromatic nitrogens is 4. The average molecular weight is 477 g/mol. The molecule has 0 unspecified atom stereocenters. The Bertz CT molecular complexity index is 1370. The van der Waals surface area contributed by atoms with E-state index in [2.05, 4.69) is 20.0 Å². The number of methoxy groups -OCH3 is 1. The fourth-order valence-corrected chi connectivity index (χ4v) is 3.36. The molecule has 0 saturated heterocycles. The molecule has 12 heteroatoms. The van der Waals surface area contributed by atoms with Crippen molar-refractivity contribution in [3.05, 3.63) is 71.4 Å². The molecule has 0 radical (unpaired) electrons. The molecule has 2 aromatic carbocycles. The van der Waals surface area contributed by atoms with Gasteiger partial charge in [-0.15, -0.1) is 5.10 Å². The van der Waals surface area contributed by atoms with Gasteiger partial charge in [-0.1, -0.05) is 29.8 Å². The number of benzene rings is 2. The van der Waals surface area contributed by atoms with Crippen molar-refractivity contribution in [3.8, 4) is 11.7 Å². The minimum absolute atomic E-state index is 0.222. The van der Waals surface area contributed by atoms with Crippen LogP contribution >= 0.6 is 11.6 Å². The van der Waals surface area contributed by atoms with E-state index < -0.39 is 15.8 Å². The Hall–Kier alpha value is -3.54. The van der Waals surface area contributed by atoms with E-state index in [1.807, 2.05) is 24.3 Å². The predicted molar refractivity (Wildman–Crippen MR) is 116 cm³/mol. The molecular formula is C20H17ClN4O6S. The number of hydrogen-bond donors (Lipinski definition) is 1. The third-order valence-corrected chi connectivity index (χ3v) is 5.15. The van der Waals surface area contributed by atoms with Crippen LogP contribution in [0.5, 0.6) is 5.88 Å². The van der Waals surface area contributed by atoms with Crippen molar-refractivity contribution in [2.75, 3.05) is 13.4 Å². The van der Waals surface area contributed by atoms with Gasteiger partial charge in [0.1, 0.15) is 0 Å². The average Bonchev–Trinajstić information content (AvgIpc) is 3.17. The van der Waals surface area contributed by atoms with Crippen LogP contribution in [0.4, 0.5) is 0 Å². The summed E-state index contributed by atoms with van der Waals surface area (Å²) in [6, 6.07) is 15.2. The molecule has 0 aliphatic heterocycles. The van der Waals surface area contributed by atoms with Gasteiger partial charge in [-0.2, -0.15) is 10.2 Å². The molecule has 166 valence electrons. The molecule has 2 aromatic heterocycles. The molecule has 10 nitrogen and oxygen atoms in total. The van der Waals surface area contributed by atoms with E-state index in [0.717, 1.165) is 17.2 Å². The first kappa shape index (κ1) is 23.1. The Labute approximate surface area is 187 Å². The van der Waals surface area contributed by atoms with Gasteiger partial charge in [-0.05, 0) is 30.3 Å². The standard InChI is InChI=1S/C13H12N4O3S.C7H5ClO3/c1-20-12-9-5-3-4-6-10(9)17(16-12)11-7-8-14-13(15-11)21(2,18)19;8-6-3-1-2-5(4-6)7(9)11-10/h3-8H,1-2H3;1-4,10H. The van der Waals surface area contributed by atoms with E-state index >= 15 is 0 Å². The lowest BCUT2D eigenvalue weighted by atomic mass is 10.2. The Kier molecular flexibility index (Phi) is 7.03. The molecule has 0 atom stereocenters. The number of fused-ring (bicyclic) bond motifs is 1. The van der Waals surface area contributed by atoms with Crippen molar-refractivity contribution in [1.82, 2.24) is 19.7 Å². The maximum atomic E-state index is 11.6. The van der Waals surface area contributed by atoms with Gasteiger partial charge < -0.3 is 4.74 Å². The van der Waals surface area contributed by atoms with Gasteiger partial charge in [0.05, 0.1) is 23.6 Å². The second kappa shape index (κ2) is 9.73. The normalized spacial score (nSPS) is 10.9. The Morgan fingerprint density at radius 2 is 1.88 bits per heavy atom. The summed E-state index contributed by atoms with van der Waals surface area (Å²) in [7, 11) is -1.95. The highest BCUT2D eigenvalue weighted by Crippen LogP contribution is 2.26. The number of ether oxygens (including phenoxy) is 1. The van der Waals surface area contributed by atoms with Gasteiger partial charge >= 0.3 is 5.97 Å². The summed E-state index contributed by atoms with van der Waals surface area (Å²) >= 11 is 5.56. The van der Waals surface area contributed by atoms with Crippen LogP contribution in [-0.4, -0.2) is 52.8 Å². The van der Waals surface area contributed by atoms with Crippen molar-refractivity contribution in [3.63, 3.8) is 0 Å². The van der Waals surface area contributed by atoms with E-state index in [9.17, 15) is 13.2 Å². The lowest BCUT2D eigenvalue weighted by Crippen LogP contribution is -2.08. The second-order valence-electron chi connectivity index (χ2n) is 6.30. The molecule has 0 fully saturated rings. The van der Waals surface area contributed by atoms with Gasteiger partial charge in [0.25, 0.3) is 0 Å². The van der Waals surface area contributed by atoms with E-state index in [4.69, 9.17) is 21.6 Å². The van der Waals surface area contributed by atoms with Crippen molar-refractivity contribution < 1.29 is 28.1 Å². The van der Waals surface area contributed by atoms with Gasteiger partial charge in [-0.3, -0.25) is 4.89 Å². The lowest BCUT2D eigenvalue weighted by molar-refractivity contribution is -0.182. The number of halogens is 1. The van der Waals surface area contributed by atoms with E-state index in [1.165, 1.54) is 30.1 Å². The number of carbonyl (C=O) groups is 1. The zero-order valence-electron chi connectivity index (χ0n) is 16.8. The summed E-state index contributed by atoms with van der Waals surface area (Å²) in [6.45, 7) is 0. The maximum absolute atomic E-state index is 11.6. The Morgan fingerprint density at radius 1 is 1.12 bits per heavy atom. The molecular weight excluding hydrogens is 460 g/mol. The number of carbonyl (C=O) groups excluding carboxylic acids is 1. The molecule has 0 amide bonds. The fraction of sp³-hybridized carbons (Fsp3) is 0.100. The predicted octanol–water partition coefficient (Wildman–Crippen LogP) is 3.20. The fourth-order valence-electron chi connectivity index (χ4n) is 2.66. The number of rotatable bonds is 4. The monoisotopic (exact) mass is 476 g/mol. The maximum Gasteiger partial charge on any atom is 0.372 e. The van der Waals surface area contributed by atoms with Gasteiger partial charge in [0.2, 0.25) is 20.9 Å². The molecule has 0 bridgehead atoms. The van der Waals surface area contributed by atoms with Crippen molar-refractivity contribution in [1.29, 1.82) is 0 Å². The first-order chi connectivity index (χ1) is 15.2. The van der Waals surface area contributed by atoms with Crippen LogP contribution in [-0.2, 0) is 14.7 Å². The molecule has 4 aromatic rings. The largest absolute Gasteiger partial charge is 0.479 e. The molecule has 0 aliphatic rings. The Morgan fingerprint density at radius 3 is 2.53 bits per heavy atom. The second-order valence-corrected chi connectivity index (χ2v) is 8.64. The first-order valence-corrected chi connectivity index (χ1v) is 11.2. The quantitative estimate of drug-likeness (QED) is 0.267. The van der Waals surface area contributed by atoms with E-state index in [-0.39, 0.29) is 10.7 Å².